The van der Waals surface area contributed by atoms with E-state index in [4.69, 9.17) is 0 Å². The summed E-state index contributed by atoms with van der Waals surface area (Å²) in [6.07, 6.45) is 2.31. The van der Waals surface area contributed by atoms with E-state index >= 15 is 0 Å². The fraction of sp³-hybridized carbons (Fsp3) is 0.529. The molecule has 0 aliphatic carbocycles. The zero-order chi connectivity index (χ0) is 17.1. The Morgan fingerprint density at radius 3 is 2.96 bits per heavy atom. The number of tetrazole rings is 1. The molecule has 1 atom stereocenters. The van der Waals surface area contributed by atoms with Gasteiger partial charge in [0.05, 0.1) is 11.4 Å². The van der Waals surface area contributed by atoms with Crippen molar-refractivity contribution in [3.63, 3.8) is 0 Å². The van der Waals surface area contributed by atoms with Gasteiger partial charge in [-0.15, -0.1) is 5.10 Å². The van der Waals surface area contributed by atoms with E-state index in [1.807, 2.05) is 24.0 Å². The zero-order valence-electron chi connectivity index (χ0n) is 14.4. The molecule has 1 aliphatic heterocycles. The first-order valence-corrected chi connectivity index (χ1v) is 9.29. The lowest BCUT2D eigenvalue weighted by molar-refractivity contribution is -0.130. The number of likely N-dealkylation sites (tertiary alicyclic amines) is 1. The van der Waals surface area contributed by atoms with Crippen LogP contribution in [0.15, 0.2) is 23.4 Å². The maximum atomic E-state index is 12.4. The Morgan fingerprint density at radius 1 is 1.38 bits per heavy atom. The van der Waals surface area contributed by atoms with Gasteiger partial charge in [-0.2, -0.15) is 4.68 Å². The molecule has 1 aromatic heterocycles. The molecule has 1 fully saturated rings. The molecule has 0 bridgehead atoms. The number of benzene rings is 1. The fourth-order valence-electron chi connectivity index (χ4n) is 3.10. The summed E-state index contributed by atoms with van der Waals surface area (Å²) in [5, 5.41) is 12.6. The highest BCUT2D eigenvalue weighted by atomic mass is 32.2. The summed E-state index contributed by atoms with van der Waals surface area (Å²) in [5.41, 5.74) is 3.26. The lowest BCUT2D eigenvalue weighted by Gasteiger charge is -2.30. The monoisotopic (exact) mass is 345 g/mol. The number of thioether (sulfide) groups is 1. The highest BCUT2D eigenvalue weighted by molar-refractivity contribution is 7.99. The number of hydrogen-bond acceptors (Lipinski definition) is 5. The lowest BCUT2D eigenvalue weighted by atomic mass is 10.0. The number of carbonyl (C=O) groups excluding carboxylic acids is 1. The smallest absolute Gasteiger partial charge is 0.233 e. The first kappa shape index (κ1) is 17.0. The summed E-state index contributed by atoms with van der Waals surface area (Å²) in [6.45, 7) is 8.03. The van der Waals surface area contributed by atoms with Gasteiger partial charge in [-0.25, -0.2) is 0 Å². The lowest BCUT2D eigenvalue weighted by Crippen LogP contribution is -2.40. The molecule has 0 unspecified atom stereocenters. The minimum Gasteiger partial charge on any atom is -0.342 e. The van der Waals surface area contributed by atoms with Gasteiger partial charge >= 0.3 is 0 Å². The number of aromatic nitrogens is 4. The number of nitrogens with zero attached hydrogens (tertiary/aromatic N) is 5. The minimum atomic E-state index is 0.168. The van der Waals surface area contributed by atoms with Crippen LogP contribution in [0.1, 0.15) is 30.9 Å². The molecule has 7 heteroatoms. The van der Waals surface area contributed by atoms with Gasteiger partial charge in [0.15, 0.2) is 0 Å². The number of amides is 1. The van der Waals surface area contributed by atoms with Crippen LogP contribution in [0.2, 0.25) is 0 Å². The van der Waals surface area contributed by atoms with E-state index in [0.29, 0.717) is 16.8 Å². The normalized spacial score (nSPS) is 18.0. The van der Waals surface area contributed by atoms with Crippen LogP contribution in [0.4, 0.5) is 0 Å². The molecule has 0 radical (unpaired) electrons. The fourth-order valence-corrected chi connectivity index (χ4v) is 3.88. The molecule has 0 saturated carbocycles. The third kappa shape index (κ3) is 3.77. The highest BCUT2D eigenvalue weighted by Gasteiger charge is 2.22. The van der Waals surface area contributed by atoms with Gasteiger partial charge in [0, 0.05) is 13.1 Å². The summed E-state index contributed by atoms with van der Waals surface area (Å²) >= 11 is 1.40. The second kappa shape index (κ2) is 7.34. The first-order valence-electron chi connectivity index (χ1n) is 8.31. The molecule has 128 valence electrons. The summed E-state index contributed by atoms with van der Waals surface area (Å²) in [5.74, 6) is 1.13. The van der Waals surface area contributed by atoms with E-state index in [1.54, 1.807) is 4.68 Å². The summed E-state index contributed by atoms with van der Waals surface area (Å²) in [7, 11) is 0. The van der Waals surface area contributed by atoms with Crippen molar-refractivity contribution in [3.05, 3.63) is 29.3 Å². The Kier molecular flexibility index (Phi) is 5.18. The molecule has 6 nitrogen and oxygen atoms in total. The Hall–Kier alpha value is -1.89. The van der Waals surface area contributed by atoms with Gasteiger partial charge in [0.2, 0.25) is 11.1 Å². The third-order valence-electron chi connectivity index (χ3n) is 4.36. The molecule has 24 heavy (non-hydrogen) atoms. The van der Waals surface area contributed by atoms with Crippen molar-refractivity contribution in [2.24, 2.45) is 5.92 Å². The molecule has 0 N–H and O–H groups in total. The maximum Gasteiger partial charge on any atom is 0.233 e. The van der Waals surface area contributed by atoms with Crippen molar-refractivity contribution in [2.45, 2.75) is 38.8 Å². The van der Waals surface area contributed by atoms with Crippen molar-refractivity contribution in [1.82, 2.24) is 25.1 Å². The quantitative estimate of drug-likeness (QED) is 0.797. The molecule has 1 aromatic carbocycles. The molecule has 1 saturated heterocycles. The molecule has 3 rings (SSSR count). The van der Waals surface area contributed by atoms with E-state index in [9.17, 15) is 4.79 Å². The standard InChI is InChI=1S/C17H23N5OS/c1-12-6-7-15(14(3)9-12)22-17(18-19-20-22)24-11-16(23)21-8-4-5-13(2)10-21/h6-7,9,13H,4-5,8,10-11H2,1-3H3/t13-/m0/s1. The zero-order valence-corrected chi connectivity index (χ0v) is 15.2. The Morgan fingerprint density at radius 2 is 2.21 bits per heavy atom. The van der Waals surface area contributed by atoms with Crippen molar-refractivity contribution < 1.29 is 4.79 Å². The van der Waals surface area contributed by atoms with Crippen molar-refractivity contribution >= 4 is 17.7 Å². The number of rotatable bonds is 4. The van der Waals surface area contributed by atoms with E-state index in [2.05, 4.69) is 35.4 Å². The van der Waals surface area contributed by atoms with Gasteiger partial charge in [-0.05, 0) is 54.7 Å². The molecule has 0 spiro atoms. The van der Waals surface area contributed by atoms with Crippen LogP contribution in [0.5, 0.6) is 0 Å². The maximum absolute atomic E-state index is 12.4. The van der Waals surface area contributed by atoms with Crippen LogP contribution in [0.3, 0.4) is 0 Å². The van der Waals surface area contributed by atoms with Crippen LogP contribution < -0.4 is 0 Å². The van der Waals surface area contributed by atoms with Gasteiger partial charge in [-0.1, -0.05) is 36.4 Å². The first-order chi connectivity index (χ1) is 11.5. The molecule has 1 aliphatic rings. The summed E-state index contributed by atoms with van der Waals surface area (Å²) in [4.78, 5) is 14.4. The van der Waals surface area contributed by atoms with Crippen molar-refractivity contribution in [1.29, 1.82) is 0 Å². The third-order valence-corrected chi connectivity index (χ3v) is 5.26. The molecule has 1 amide bonds. The SMILES string of the molecule is Cc1ccc(-n2nnnc2SCC(=O)N2CCC[C@H](C)C2)c(C)c1. The van der Waals surface area contributed by atoms with Crippen LogP contribution >= 0.6 is 11.8 Å². The number of piperidine rings is 1. The predicted octanol–water partition coefficient (Wildman–Crippen LogP) is 2.63. The van der Waals surface area contributed by atoms with E-state index < -0.39 is 0 Å². The van der Waals surface area contributed by atoms with E-state index in [1.165, 1.54) is 23.7 Å². The Bertz CT molecular complexity index is 730. The Balaban J connectivity index is 1.68. The number of hydrogen-bond donors (Lipinski definition) is 0. The van der Waals surface area contributed by atoms with Crippen LogP contribution in [-0.2, 0) is 4.79 Å². The van der Waals surface area contributed by atoms with Gasteiger partial charge < -0.3 is 4.90 Å². The second-order valence-corrected chi connectivity index (χ2v) is 7.48. The molecular formula is C17H23N5OS. The second-order valence-electron chi connectivity index (χ2n) is 6.54. The largest absolute Gasteiger partial charge is 0.342 e. The topological polar surface area (TPSA) is 63.9 Å². The molecule has 2 heterocycles. The minimum absolute atomic E-state index is 0.168. The van der Waals surface area contributed by atoms with Gasteiger partial charge in [0.25, 0.3) is 0 Å². The Labute approximate surface area is 146 Å². The number of aryl methyl sites for hydroxylation is 2. The van der Waals surface area contributed by atoms with Crippen molar-refractivity contribution in [2.75, 3.05) is 18.8 Å². The summed E-state index contributed by atoms with van der Waals surface area (Å²) < 4.78 is 1.71. The van der Waals surface area contributed by atoms with Crippen LogP contribution in [0, 0.1) is 19.8 Å². The van der Waals surface area contributed by atoms with Crippen LogP contribution in [-0.4, -0.2) is 49.9 Å². The predicted molar refractivity (Wildman–Crippen MR) is 94.3 cm³/mol. The van der Waals surface area contributed by atoms with E-state index in [0.717, 1.165) is 30.8 Å². The van der Waals surface area contributed by atoms with Gasteiger partial charge in [0.1, 0.15) is 0 Å². The van der Waals surface area contributed by atoms with E-state index in [-0.39, 0.29) is 5.91 Å². The number of carbonyl (C=O) groups is 1. The average molecular weight is 345 g/mol. The highest BCUT2D eigenvalue weighted by Crippen LogP contribution is 2.23. The van der Waals surface area contributed by atoms with Crippen LogP contribution in [0.25, 0.3) is 5.69 Å². The molecule has 2 aromatic rings. The summed E-state index contributed by atoms with van der Waals surface area (Å²) in [6, 6.07) is 6.16. The van der Waals surface area contributed by atoms with Gasteiger partial charge in [-0.3, -0.25) is 4.79 Å². The molecular weight excluding hydrogens is 322 g/mol. The van der Waals surface area contributed by atoms with Crippen molar-refractivity contribution in [3.8, 4) is 5.69 Å². The average Bonchev–Trinajstić information content (AvgIpc) is 3.01.